The van der Waals surface area contributed by atoms with Crippen LogP contribution in [0.3, 0.4) is 0 Å². The van der Waals surface area contributed by atoms with E-state index in [1.807, 2.05) is 6.92 Å². The molecule has 0 aromatic heterocycles. The molecule has 0 spiro atoms. The Balaban J connectivity index is 0.00000338. The molecular weight excluding hydrogens is 364 g/mol. The van der Waals surface area contributed by atoms with E-state index in [4.69, 9.17) is 10.5 Å². The first-order valence-corrected chi connectivity index (χ1v) is 8.17. The first-order chi connectivity index (χ1) is 12.0. The van der Waals surface area contributed by atoms with E-state index in [-0.39, 0.29) is 48.9 Å². The van der Waals surface area contributed by atoms with Crippen LogP contribution < -0.4 is 20.7 Å². The number of nitro benzene ring substituents is 1. The van der Waals surface area contributed by atoms with Crippen LogP contribution in [-0.2, 0) is 9.59 Å². The van der Waals surface area contributed by atoms with Crippen molar-refractivity contribution < 1.29 is 19.2 Å². The Kier molecular flexibility index (Phi) is 8.27. The van der Waals surface area contributed by atoms with Crippen LogP contribution >= 0.6 is 12.4 Å². The molecule has 0 saturated carbocycles. The Hall–Kier alpha value is -2.39. The number of non-ortho nitro benzene ring substituents is 1. The van der Waals surface area contributed by atoms with E-state index in [2.05, 4.69) is 5.32 Å². The van der Waals surface area contributed by atoms with Crippen molar-refractivity contribution >= 4 is 35.6 Å². The number of rotatable bonds is 8. The number of amides is 2. The van der Waals surface area contributed by atoms with Gasteiger partial charge in [-0.2, -0.15) is 0 Å². The van der Waals surface area contributed by atoms with Crippen LogP contribution in [0.1, 0.15) is 26.2 Å². The Morgan fingerprint density at radius 3 is 2.85 bits per heavy atom. The van der Waals surface area contributed by atoms with E-state index in [1.54, 1.807) is 0 Å². The van der Waals surface area contributed by atoms with Crippen LogP contribution in [0, 0.1) is 10.1 Å². The van der Waals surface area contributed by atoms with Crippen LogP contribution in [-0.4, -0.2) is 42.5 Å². The zero-order chi connectivity index (χ0) is 18.4. The molecular formula is C16H23ClN4O5. The summed E-state index contributed by atoms with van der Waals surface area (Å²) in [5.74, 6) is -0.459. The molecule has 0 bridgehead atoms. The number of carbonyl (C=O) groups excluding carboxylic acids is 2. The fourth-order valence-electron chi connectivity index (χ4n) is 2.59. The quantitative estimate of drug-likeness (QED) is 0.513. The molecule has 1 unspecified atom stereocenters. The van der Waals surface area contributed by atoms with E-state index in [1.165, 1.54) is 23.1 Å². The number of nitrogens with two attached hydrogens (primary N) is 1. The summed E-state index contributed by atoms with van der Waals surface area (Å²) >= 11 is 0. The van der Waals surface area contributed by atoms with Gasteiger partial charge in [-0.1, -0.05) is 19.8 Å². The average Bonchev–Trinajstić information content (AvgIpc) is 2.60. The molecule has 0 fully saturated rings. The SMILES string of the molecule is CCCCC(CN)NC(=O)CN1C(=O)COc2ccc([N+](=O)[O-])cc21.Cl. The molecule has 1 aromatic rings. The number of fused-ring (bicyclic) bond motifs is 1. The van der Waals surface area contributed by atoms with Crippen molar-refractivity contribution in [2.24, 2.45) is 5.73 Å². The number of hydrogen-bond donors (Lipinski definition) is 2. The highest BCUT2D eigenvalue weighted by Crippen LogP contribution is 2.35. The van der Waals surface area contributed by atoms with E-state index >= 15 is 0 Å². The van der Waals surface area contributed by atoms with Crippen molar-refractivity contribution in [3.63, 3.8) is 0 Å². The summed E-state index contributed by atoms with van der Waals surface area (Å²) in [7, 11) is 0. The monoisotopic (exact) mass is 386 g/mol. The molecule has 2 rings (SSSR count). The topological polar surface area (TPSA) is 128 Å². The summed E-state index contributed by atoms with van der Waals surface area (Å²) in [6.45, 7) is 1.91. The molecule has 3 N–H and O–H groups in total. The van der Waals surface area contributed by atoms with E-state index in [9.17, 15) is 19.7 Å². The van der Waals surface area contributed by atoms with Gasteiger partial charge in [0.05, 0.1) is 10.6 Å². The maximum Gasteiger partial charge on any atom is 0.271 e. The summed E-state index contributed by atoms with van der Waals surface area (Å²) in [6, 6.07) is 3.79. The Labute approximate surface area is 157 Å². The van der Waals surface area contributed by atoms with Crippen LogP contribution in [0.2, 0.25) is 0 Å². The molecule has 0 saturated heterocycles. The third-order valence-electron chi connectivity index (χ3n) is 3.95. The minimum atomic E-state index is -0.563. The van der Waals surface area contributed by atoms with Gasteiger partial charge in [0.25, 0.3) is 11.6 Å². The fourth-order valence-corrected chi connectivity index (χ4v) is 2.59. The van der Waals surface area contributed by atoms with Crippen molar-refractivity contribution in [3.05, 3.63) is 28.3 Å². The van der Waals surface area contributed by atoms with E-state index in [0.717, 1.165) is 19.3 Å². The Morgan fingerprint density at radius 1 is 1.50 bits per heavy atom. The summed E-state index contributed by atoms with van der Waals surface area (Å²) < 4.78 is 5.27. The molecule has 2 amide bonds. The van der Waals surface area contributed by atoms with Crippen LogP contribution in [0.25, 0.3) is 0 Å². The number of anilines is 1. The van der Waals surface area contributed by atoms with Gasteiger partial charge in [-0.25, -0.2) is 0 Å². The van der Waals surface area contributed by atoms with Crippen molar-refractivity contribution in [2.45, 2.75) is 32.2 Å². The number of nitrogens with one attached hydrogen (secondary N) is 1. The first kappa shape index (κ1) is 21.7. The number of ether oxygens (including phenoxy) is 1. The number of unbranched alkanes of at least 4 members (excludes halogenated alkanes) is 1. The lowest BCUT2D eigenvalue weighted by molar-refractivity contribution is -0.384. The third-order valence-corrected chi connectivity index (χ3v) is 3.95. The lowest BCUT2D eigenvalue weighted by Crippen LogP contribution is -2.48. The van der Waals surface area contributed by atoms with Crippen LogP contribution in [0.5, 0.6) is 5.75 Å². The predicted octanol–water partition coefficient (Wildman–Crippen LogP) is 1.38. The number of carbonyl (C=O) groups is 2. The van der Waals surface area contributed by atoms with Crippen molar-refractivity contribution in [2.75, 3.05) is 24.6 Å². The van der Waals surface area contributed by atoms with Crippen LogP contribution in [0.4, 0.5) is 11.4 Å². The molecule has 144 valence electrons. The number of halogens is 1. The second-order valence-electron chi connectivity index (χ2n) is 5.82. The standard InChI is InChI=1S/C16H22N4O5.ClH/c1-2-3-4-11(8-17)18-15(21)9-19-13-7-12(20(23)24)5-6-14(13)25-10-16(19)22;/h5-7,11H,2-4,8-10,17H2,1H3,(H,18,21);1H. The zero-order valence-electron chi connectivity index (χ0n) is 14.5. The normalized spacial score (nSPS) is 13.9. The molecule has 0 aliphatic carbocycles. The summed E-state index contributed by atoms with van der Waals surface area (Å²) in [5, 5.41) is 13.8. The van der Waals surface area contributed by atoms with Gasteiger partial charge in [-0.3, -0.25) is 24.6 Å². The molecule has 10 heteroatoms. The largest absolute Gasteiger partial charge is 0.482 e. The third kappa shape index (κ3) is 5.30. The molecule has 9 nitrogen and oxygen atoms in total. The van der Waals surface area contributed by atoms with Gasteiger partial charge in [-0.05, 0) is 12.5 Å². The molecule has 1 aromatic carbocycles. The van der Waals surface area contributed by atoms with Gasteiger partial charge >= 0.3 is 0 Å². The van der Waals surface area contributed by atoms with Crippen molar-refractivity contribution in [3.8, 4) is 5.75 Å². The lowest BCUT2D eigenvalue weighted by Gasteiger charge is -2.29. The predicted molar refractivity (Wildman–Crippen MR) is 98.7 cm³/mol. The summed E-state index contributed by atoms with van der Waals surface area (Å²) in [4.78, 5) is 36.0. The summed E-state index contributed by atoms with van der Waals surface area (Å²) in [5.41, 5.74) is 5.71. The minimum absolute atomic E-state index is 0. The first-order valence-electron chi connectivity index (χ1n) is 8.17. The smallest absolute Gasteiger partial charge is 0.271 e. The number of nitro groups is 1. The molecule has 1 atom stereocenters. The van der Waals surface area contributed by atoms with Gasteiger partial charge in [0.2, 0.25) is 5.91 Å². The highest BCUT2D eigenvalue weighted by atomic mass is 35.5. The van der Waals surface area contributed by atoms with Gasteiger partial charge in [-0.15, -0.1) is 12.4 Å². The highest BCUT2D eigenvalue weighted by Gasteiger charge is 2.29. The van der Waals surface area contributed by atoms with Gasteiger partial charge in [0.1, 0.15) is 12.3 Å². The number of benzene rings is 1. The minimum Gasteiger partial charge on any atom is -0.482 e. The molecule has 1 aliphatic heterocycles. The highest BCUT2D eigenvalue weighted by molar-refractivity contribution is 6.02. The van der Waals surface area contributed by atoms with Gasteiger partial charge in [0.15, 0.2) is 6.61 Å². The average molecular weight is 387 g/mol. The van der Waals surface area contributed by atoms with Crippen molar-refractivity contribution in [1.29, 1.82) is 0 Å². The second-order valence-corrected chi connectivity index (χ2v) is 5.82. The molecule has 1 heterocycles. The molecule has 26 heavy (non-hydrogen) atoms. The maximum atomic E-state index is 12.3. The summed E-state index contributed by atoms with van der Waals surface area (Å²) in [6.07, 6.45) is 2.69. The number of hydrogen-bond acceptors (Lipinski definition) is 6. The van der Waals surface area contributed by atoms with Gasteiger partial charge in [0, 0.05) is 24.7 Å². The van der Waals surface area contributed by atoms with Gasteiger partial charge < -0.3 is 15.8 Å². The fraction of sp³-hybridized carbons (Fsp3) is 0.500. The van der Waals surface area contributed by atoms with Crippen molar-refractivity contribution in [1.82, 2.24) is 5.32 Å². The second kappa shape index (κ2) is 9.93. The zero-order valence-corrected chi connectivity index (χ0v) is 15.3. The van der Waals surface area contributed by atoms with Crippen LogP contribution in [0.15, 0.2) is 18.2 Å². The number of nitrogens with zero attached hydrogens (tertiary/aromatic N) is 2. The molecule has 0 radical (unpaired) electrons. The van der Waals surface area contributed by atoms with E-state index < -0.39 is 10.8 Å². The van der Waals surface area contributed by atoms with E-state index in [0.29, 0.717) is 12.3 Å². The Bertz CT molecular complexity index is 670. The Morgan fingerprint density at radius 2 is 2.23 bits per heavy atom. The maximum absolute atomic E-state index is 12.3. The molecule has 1 aliphatic rings. The lowest BCUT2D eigenvalue weighted by atomic mass is 10.1.